The number of carbonyl (C=O) groups excluding carboxylic acids is 2. The molecule has 4 rings (SSSR count). The van der Waals surface area contributed by atoms with Crippen molar-refractivity contribution >= 4 is 35.0 Å². The lowest BCUT2D eigenvalue weighted by Gasteiger charge is -2.42. The molecule has 1 N–H and O–H groups in total. The molecule has 1 aliphatic carbocycles. The van der Waals surface area contributed by atoms with E-state index in [2.05, 4.69) is 109 Å². The second-order valence-electron chi connectivity index (χ2n) is 21.1. The average molecular weight is 919 g/mol. The number of allylic oxidation sites excluding steroid dienone is 4. The first-order chi connectivity index (χ1) is 30.8. The van der Waals surface area contributed by atoms with E-state index in [1.165, 1.54) is 38.2 Å². The van der Waals surface area contributed by atoms with Crippen molar-refractivity contribution in [2.24, 2.45) is 28.2 Å². The molecule has 66 heavy (non-hydrogen) atoms. The first-order valence-electron chi connectivity index (χ1n) is 25.2. The molecule has 7 nitrogen and oxygen atoms in total. The summed E-state index contributed by atoms with van der Waals surface area (Å²) in [4.78, 5) is 35.3. The Hall–Kier alpha value is -4.14. The van der Waals surface area contributed by atoms with Gasteiger partial charge in [0, 0.05) is 23.6 Å². The van der Waals surface area contributed by atoms with Gasteiger partial charge in [0.05, 0.1) is 22.7 Å². The molecule has 2 heterocycles. The van der Waals surface area contributed by atoms with Crippen LogP contribution in [-0.4, -0.2) is 34.7 Å². The van der Waals surface area contributed by atoms with Crippen molar-refractivity contribution in [3.63, 3.8) is 0 Å². The lowest BCUT2D eigenvalue weighted by Crippen LogP contribution is -2.50. The Labute approximate surface area is 401 Å². The highest BCUT2D eigenvalue weighted by molar-refractivity contribution is 6.09. The number of nitrogens with one attached hydrogen (secondary N) is 1. The number of hydrogen-bond acceptors (Lipinski definition) is 6. The Kier molecular flexibility index (Phi) is 25.6. The number of esters is 1. The molecule has 0 saturated heterocycles. The van der Waals surface area contributed by atoms with Crippen LogP contribution in [0.3, 0.4) is 0 Å². The highest BCUT2D eigenvalue weighted by Crippen LogP contribution is 2.52. The molecule has 0 atom stereocenters. The van der Waals surface area contributed by atoms with Crippen LogP contribution in [0.25, 0.3) is 5.57 Å². The minimum atomic E-state index is -0.906. The summed E-state index contributed by atoms with van der Waals surface area (Å²) in [7, 11) is 0. The molecule has 9 heteroatoms. The van der Waals surface area contributed by atoms with Gasteiger partial charge >= 0.3 is 5.97 Å². The maximum absolute atomic E-state index is 14.3. The standard InChI is InChI=1S/C37H48F2N4O.C8H16O2.C8H18.C4H10/c1-8-12-27-21-29(22-27)43-33-23-28(13-14-30(33)37(17-9-2,18-10-3)36(43)44)24(5)20-32(40-19-11-4)25(6)26(7)41-31-15-16-34(38)42-35(31)39;1-6(2)7(9)10-8(3,4)5;1-5-7-8(3,4)6-2;1-4(2)3/h13-16,19-20,23,27,29,41H,5,8-12,17-18,21-22H2,1-4,6-7H3;6H,1-5H3;5-7H2,1-4H3;4H,1-3H3/b26-25+,32-20+,40-19?;;;. The van der Waals surface area contributed by atoms with E-state index in [0.717, 1.165) is 84.9 Å². The van der Waals surface area contributed by atoms with Gasteiger partial charge in [-0.15, -0.1) is 0 Å². The van der Waals surface area contributed by atoms with Gasteiger partial charge in [-0.3, -0.25) is 14.6 Å². The van der Waals surface area contributed by atoms with Gasteiger partial charge in [-0.1, -0.05) is 147 Å². The summed E-state index contributed by atoms with van der Waals surface area (Å²) >= 11 is 0. The maximum Gasteiger partial charge on any atom is 0.308 e. The van der Waals surface area contributed by atoms with Crippen LogP contribution in [-0.2, 0) is 19.7 Å². The van der Waals surface area contributed by atoms with E-state index in [-0.39, 0.29) is 35.1 Å². The fourth-order valence-corrected chi connectivity index (χ4v) is 8.12. The normalized spacial score (nSPS) is 17.2. The number of nitrogens with zero attached hydrogens (tertiary/aromatic N) is 3. The maximum atomic E-state index is 14.3. The smallest absolute Gasteiger partial charge is 0.308 e. The number of amides is 1. The van der Waals surface area contributed by atoms with Crippen molar-refractivity contribution < 1.29 is 23.1 Å². The summed E-state index contributed by atoms with van der Waals surface area (Å²) in [5.41, 5.74) is 5.89. The third kappa shape index (κ3) is 18.9. The summed E-state index contributed by atoms with van der Waals surface area (Å²) in [6.07, 6.45) is 16.6. The molecule has 0 bridgehead atoms. The molecule has 372 valence electrons. The van der Waals surface area contributed by atoms with Crippen LogP contribution in [0.2, 0.25) is 0 Å². The second kappa shape index (κ2) is 28.3. The Morgan fingerprint density at radius 1 is 0.939 bits per heavy atom. The number of aromatic nitrogens is 1. The number of halogens is 2. The van der Waals surface area contributed by atoms with Gasteiger partial charge in [0.25, 0.3) is 0 Å². The molecule has 1 aliphatic heterocycles. The van der Waals surface area contributed by atoms with Crippen LogP contribution in [0.1, 0.15) is 213 Å². The number of fused-ring (bicyclic) bond motifs is 1. The first-order valence-corrected chi connectivity index (χ1v) is 25.2. The predicted octanol–water partition coefficient (Wildman–Crippen LogP) is 16.8. The Balaban J connectivity index is 0.000000814. The van der Waals surface area contributed by atoms with E-state index in [1.54, 1.807) is 0 Å². The number of hydrogen-bond donors (Lipinski definition) is 1. The van der Waals surface area contributed by atoms with Gasteiger partial charge in [-0.2, -0.15) is 13.8 Å². The number of carbonyl (C=O) groups is 2. The number of pyridine rings is 1. The monoisotopic (exact) mass is 919 g/mol. The fourth-order valence-electron chi connectivity index (χ4n) is 8.12. The number of benzene rings is 1. The summed E-state index contributed by atoms with van der Waals surface area (Å²) in [5.74, 6) is -0.141. The lowest BCUT2D eigenvalue weighted by atomic mass is 9.73. The van der Waals surface area contributed by atoms with E-state index in [9.17, 15) is 18.4 Å². The molecule has 1 aromatic carbocycles. The van der Waals surface area contributed by atoms with Gasteiger partial charge in [0.2, 0.25) is 17.8 Å². The molecule has 2 aliphatic rings. The zero-order valence-electron chi connectivity index (χ0n) is 44.9. The van der Waals surface area contributed by atoms with E-state index in [0.29, 0.717) is 22.7 Å². The van der Waals surface area contributed by atoms with Crippen molar-refractivity contribution in [3.05, 3.63) is 83.0 Å². The summed E-state index contributed by atoms with van der Waals surface area (Å²) in [6, 6.07) is 9.08. The molecule has 0 spiro atoms. The summed E-state index contributed by atoms with van der Waals surface area (Å²) in [5, 5.41) is 3.01. The third-order valence-corrected chi connectivity index (χ3v) is 12.0. The van der Waals surface area contributed by atoms with Gasteiger partial charge in [0.15, 0.2) is 0 Å². The molecule has 1 fully saturated rings. The van der Waals surface area contributed by atoms with Crippen LogP contribution in [0, 0.1) is 35.1 Å². The molecule has 1 aromatic heterocycles. The molecule has 1 amide bonds. The SMILES string of the molecule is C=C(/C=C(N=CCC)\C(C)=C(/C)Nc1ccc(F)nc1F)c1ccc2c(c1)N(C1CC(CCC)C1)C(=O)C2(CCC)CCC.CC(C)C.CC(C)C(=O)OC(C)(C)C.CCCC(C)(C)CC. The van der Waals surface area contributed by atoms with E-state index in [4.69, 9.17) is 9.73 Å². The zero-order chi connectivity index (χ0) is 50.6. The van der Waals surface area contributed by atoms with Gasteiger partial charge in [0.1, 0.15) is 5.60 Å². The van der Waals surface area contributed by atoms with Crippen LogP contribution in [0.15, 0.2) is 64.9 Å². The highest BCUT2D eigenvalue weighted by atomic mass is 19.1. The molecule has 1 saturated carbocycles. The topological polar surface area (TPSA) is 83.9 Å². The highest BCUT2D eigenvalue weighted by Gasteiger charge is 2.53. The van der Waals surface area contributed by atoms with Crippen molar-refractivity contribution in [1.29, 1.82) is 0 Å². The zero-order valence-corrected chi connectivity index (χ0v) is 44.9. The van der Waals surface area contributed by atoms with Gasteiger partial charge < -0.3 is 15.0 Å². The van der Waals surface area contributed by atoms with Gasteiger partial charge in [-0.25, -0.2) is 0 Å². The predicted molar refractivity (Wildman–Crippen MR) is 279 cm³/mol. The second-order valence-corrected chi connectivity index (χ2v) is 21.1. The quantitative estimate of drug-likeness (QED) is 0.0697. The first kappa shape index (κ1) is 59.9. The van der Waals surface area contributed by atoms with E-state index >= 15 is 0 Å². The number of rotatable bonds is 18. The Bertz CT molecular complexity index is 1920. The minimum absolute atomic E-state index is 0.0285. The molecule has 0 unspecified atom stereocenters. The van der Waals surface area contributed by atoms with E-state index < -0.39 is 17.3 Å². The Morgan fingerprint density at radius 3 is 1.97 bits per heavy atom. The van der Waals surface area contributed by atoms with Gasteiger partial charge in [-0.05, 0) is 137 Å². The summed E-state index contributed by atoms with van der Waals surface area (Å²) < 4.78 is 32.6. The average Bonchev–Trinajstić information content (AvgIpc) is 3.43. The number of aliphatic imine (C=N–C) groups is 1. The molecular formula is C57H92F2N4O3. The van der Waals surface area contributed by atoms with Crippen LogP contribution in [0.5, 0.6) is 0 Å². The largest absolute Gasteiger partial charge is 0.460 e. The van der Waals surface area contributed by atoms with Crippen molar-refractivity contribution in [1.82, 2.24) is 4.98 Å². The van der Waals surface area contributed by atoms with E-state index in [1.807, 2.05) is 67.7 Å². The molecular weight excluding hydrogens is 827 g/mol. The van der Waals surface area contributed by atoms with Crippen LogP contribution in [0.4, 0.5) is 20.2 Å². The van der Waals surface area contributed by atoms with Crippen LogP contribution >= 0.6 is 0 Å². The fraction of sp³-hybridized carbons (Fsp3) is 0.649. The Morgan fingerprint density at radius 2 is 1.53 bits per heavy atom. The lowest BCUT2D eigenvalue weighted by molar-refractivity contribution is -0.158. The van der Waals surface area contributed by atoms with Crippen LogP contribution < -0.4 is 10.2 Å². The number of anilines is 2. The molecule has 2 aromatic rings. The summed E-state index contributed by atoms with van der Waals surface area (Å²) in [6.45, 7) is 41.6. The van der Waals surface area contributed by atoms with Crippen molar-refractivity contribution in [3.8, 4) is 0 Å². The minimum Gasteiger partial charge on any atom is -0.460 e. The van der Waals surface area contributed by atoms with Crippen molar-refractivity contribution in [2.75, 3.05) is 10.2 Å². The number of ether oxygens (including phenoxy) is 1. The third-order valence-electron chi connectivity index (χ3n) is 12.0. The molecule has 0 radical (unpaired) electrons. The van der Waals surface area contributed by atoms with Crippen molar-refractivity contribution in [2.45, 2.75) is 219 Å².